The van der Waals surface area contributed by atoms with Crippen molar-refractivity contribution in [3.05, 3.63) is 51.6 Å². The molecule has 0 radical (unpaired) electrons. The number of aromatic nitrogens is 3. The normalized spacial score (nSPS) is 11.2. The monoisotopic (exact) mass is 387 g/mol. The van der Waals surface area contributed by atoms with E-state index in [1.165, 1.54) is 12.1 Å². The maximum atomic E-state index is 13.6. The number of aryl methyl sites for hydroxylation is 1. The summed E-state index contributed by atoms with van der Waals surface area (Å²) >= 11 is 15.1. The van der Waals surface area contributed by atoms with Crippen molar-refractivity contribution in [2.24, 2.45) is 0 Å². The maximum absolute atomic E-state index is 13.6. The lowest BCUT2D eigenvalue weighted by atomic mass is 10.3. The van der Waals surface area contributed by atoms with Crippen molar-refractivity contribution >= 4 is 50.3 Å². The molecule has 0 aliphatic carbocycles. The molecule has 3 rings (SSSR count). The van der Waals surface area contributed by atoms with Crippen LogP contribution in [0.1, 0.15) is 5.82 Å². The highest BCUT2D eigenvalue weighted by molar-refractivity contribution is 9.10. The number of alkyl halides is 1. The Hall–Kier alpha value is -1.17. The van der Waals surface area contributed by atoms with Crippen LogP contribution in [0.15, 0.2) is 34.9 Å². The van der Waals surface area contributed by atoms with Crippen LogP contribution in [0.5, 0.6) is 0 Å². The molecule has 7 heteroatoms. The van der Waals surface area contributed by atoms with Crippen molar-refractivity contribution < 1.29 is 4.39 Å². The zero-order valence-electron chi connectivity index (χ0n) is 10.7. The molecule has 1 aromatic carbocycles. The SMILES string of the molecule is Fc1cc(Cl)cc(-n2c(CCCl)nc3cc(Br)cnc32)c1. The fraction of sp³-hybridized carbons (Fsp3) is 0.143. The van der Waals surface area contributed by atoms with Gasteiger partial charge in [-0.3, -0.25) is 4.57 Å². The number of imidazole rings is 1. The van der Waals surface area contributed by atoms with Crippen molar-refractivity contribution in [1.82, 2.24) is 14.5 Å². The molecule has 0 spiro atoms. The number of hydrogen-bond donors (Lipinski definition) is 0. The summed E-state index contributed by atoms with van der Waals surface area (Å²) in [4.78, 5) is 8.88. The number of nitrogens with zero attached hydrogens (tertiary/aromatic N) is 3. The molecular weight excluding hydrogens is 380 g/mol. The maximum Gasteiger partial charge on any atom is 0.164 e. The van der Waals surface area contributed by atoms with E-state index in [4.69, 9.17) is 23.2 Å². The minimum atomic E-state index is -0.409. The minimum Gasteiger partial charge on any atom is -0.281 e. The van der Waals surface area contributed by atoms with Gasteiger partial charge in [-0.25, -0.2) is 14.4 Å². The number of fused-ring (bicyclic) bond motifs is 1. The van der Waals surface area contributed by atoms with Crippen LogP contribution in [0.2, 0.25) is 5.02 Å². The zero-order valence-corrected chi connectivity index (χ0v) is 13.8. The van der Waals surface area contributed by atoms with Crippen molar-refractivity contribution in [3.63, 3.8) is 0 Å². The van der Waals surface area contributed by atoms with Gasteiger partial charge < -0.3 is 0 Å². The van der Waals surface area contributed by atoms with Crippen LogP contribution >= 0.6 is 39.1 Å². The molecule has 0 saturated heterocycles. The Labute approximate surface area is 138 Å². The standard InChI is InChI=1S/C14H9BrCl2FN3/c15-8-3-12-14(19-7-8)21(13(20-12)1-2-16)11-5-9(17)4-10(18)6-11/h3-7H,1-2H2. The van der Waals surface area contributed by atoms with E-state index in [0.29, 0.717) is 40.0 Å². The van der Waals surface area contributed by atoms with E-state index in [0.717, 1.165) is 4.47 Å². The van der Waals surface area contributed by atoms with Crippen LogP contribution in [0, 0.1) is 5.82 Å². The first-order chi connectivity index (χ1) is 10.1. The average Bonchev–Trinajstić information content (AvgIpc) is 2.75. The molecule has 0 bridgehead atoms. The zero-order chi connectivity index (χ0) is 15.0. The Balaban J connectivity index is 2.30. The third kappa shape index (κ3) is 2.91. The van der Waals surface area contributed by atoms with Gasteiger partial charge in [0.1, 0.15) is 17.2 Å². The van der Waals surface area contributed by atoms with Gasteiger partial charge in [-0.05, 0) is 40.2 Å². The van der Waals surface area contributed by atoms with Crippen molar-refractivity contribution in [2.45, 2.75) is 6.42 Å². The third-order valence-corrected chi connectivity index (χ3v) is 3.80. The molecule has 0 N–H and O–H groups in total. The molecule has 0 amide bonds. The van der Waals surface area contributed by atoms with E-state index >= 15 is 0 Å². The largest absolute Gasteiger partial charge is 0.281 e. The Morgan fingerprint density at radius 3 is 2.76 bits per heavy atom. The van der Waals surface area contributed by atoms with Gasteiger partial charge in [0.2, 0.25) is 0 Å². The van der Waals surface area contributed by atoms with Crippen LogP contribution in [0.4, 0.5) is 4.39 Å². The second-order valence-corrected chi connectivity index (χ2v) is 6.16. The number of hydrogen-bond acceptors (Lipinski definition) is 2. The summed E-state index contributed by atoms with van der Waals surface area (Å²) in [5.74, 6) is 0.716. The van der Waals surface area contributed by atoms with Gasteiger partial charge >= 0.3 is 0 Å². The number of pyridine rings is 1. The quantitative estimate of drug-likeness (QED) is 0.605. The van der Waals surface area contributed by atoms with E-state index in [1.54, 1.807) is 16.8 Å². The lowest BCUT2D eigenvalue weighted by molar-refractivity contribution is 0.626. The molecule has 108 valence electrons. The van der Waals surface area contributed by atoms with Gasteiger partial charge in [0, 0.05) is 28.0 Å². The second-order valence-electron chi connectivity index (χ2n) is 4.43. The van der Waals surface area contributed by atoms with Gasteiger partial charge in [0.25, 0.3) is 0 Å². The molecule has 3 nitrogen and oxygen atoms in total. The summed E-state index contributed by atoms with van der Waals surface area (Å²) in [6.45, 7) is 0. The second kappa shape index (κ2) is 5.91. The van der Waals surface area contributed by atoms with Crippen LogP contribution in [-0.4, -0.2) is 20.4 Å². The Kier molecular flexibility index (Phi) is 4.15. The van der Waals surface area contributed by atoms with E-state index in [-0.39, 0.29) is 0 Å². The first-order valence-corrected chi connectivity index (χ1v) is 7.84. The van der Waals surface area contributed by atoms with Gasteiger partial charge in [0.15, 0.2) is 5.65 Å². The fourth-order valence-corrected chi connectivity index (χ4v) is 2.88. The summed E-state index contributed by atoms with van der Waals surface area (Å²) in [6, 6.07) is 6.19. The average molecular weight is 389 g/mol. The van der Waals surface area contributed by atoms with E-state index < -0.39 is 5.82 Å². The lowest BCUT2D eigenvalue weighted by Gasteiger charge is -2.08. The molecule has 0 aliphatic rings. The van der Waals surface area contributed by atoms with Gasteiger partial charge in [0.05, 0.1) is 5.69 Å². The topological polar surface area (TPSA) is 30.7 Å². The van der Waals surface area contributed by atoms with Crippen LogP contribution < -0.4 is 0 Å². The summed E-state index contributed by atoms with van der Waals surface area (Å²) in [5.41, 5.74) is 1.93. The summed E-state index contributed by atoms with van der Waals surface area (Å²) < 4.78 is 16.2. The minimum absolute atomic E-state index is 0.320. The molecule has 2 aromatic heterocycles. The molecule has 0 unspecified atom stereocenters. The van der Waals surface area contributed by atoms with Gasteiger partial charge in [-0.1, -0.05) is 11.6 Å². The molecule has 0 aliphatic heterocycles. The molecule has 2 heterocycles. The van der Waals surface area contributed by atoms with Crippen LogP contribution in [0.3, 0.4) is 0 Å². The summed E-state index contributed by atoms with van der Waals surface area (Å²) in [7, 11) is 0. The molecular formula is C14H9BrCl2FN3. The molecule has 0 fully saturated rings. The van der Waals surface area contributed by atoms with Crippen molar-refractivity contribution in [3.8, 4) is 5.69 Å². The third-order valence-electron chi connectivity index (χ3n) is 2.96. The lowest BCUT2D eigenvalue weighted by Crippen LogP contribution is -2.03. The van der Waals surface area contributed by atoms with E-state index in [1.807, 2.05) is 6.07 Å². The van der Waals surface area contributed by atoms with Crippen molar-refractivity contribution in [2.75, 3.05) is 5.88 Å². The highest BCUT2D eigenvalue weighted by Gasteiger charge is 2.14. The van der Waals surface area contributed by atoms with Gasteiger partial charge in [-0.15, -0.1) is 11.6 Å². The highest BCUT2D eigenvalue weighted by Crippen LogP contribution is 2.25. The Morgan fingerprint density at radius 1 is 1.24 bits per heavy atom. The number of benzene rings is 1. The van der Waals surface area contributed by atoms with E-state index in [2.05, 4.69) is 25.9 Å². The summed E-state index contributed by atoms with van der Waals surface area (Å²) in [6.07, 6.45) is 2.22. The summed E-state index contributed by atoms with van der Waals surface area (Å²) in [5, 5.41) is 0.320. The fourth-order valence-electron chi connectivity index (χ4n) is 2.18. The predicted molar refractivity (Wildman–Crippen MR) is 86.0 cm³/mol. The Bertz CT molecular complexity index is 799. The van der Waals surface area contributed by atoms with Crippen LogP contribution in [0.25, 0.3) is 16.9 Å². The first kappa shape index (κ1) is 14.8. The Morgan fingerprint density at radius 2 is 2.05 bits per heavy atom. The highest BCUT2D eigenvalue weighted by atomic mass is 79.9. The molecule has 21 heavy (non-hydrogen) atoms. The number of rotatable bonds is 3. The van der Waals surface area contributed by atoms with Gasteiger partial charge in [-0.2, -0.15) is 0 Å². The van der Waals surface area contributed by atoms with Crippen LogP contribution in [-0.2, 0) is 6.42 Å². The first-order valence-electron chi connectivity index (χ1n) is 6.14. The molecule has 0 saturated carbocycles. The van der Waals surface area contributed by atoms with E-state index in [9.17, 15) is 4.39 Å². The van der Waals surface area contributed by atoms with Crippen molar-refractivity contribution in [1.29, 1.82) is 0 Å². The molecule has 3 aromatic rings. The predicted octanol–water partition coefficient (Wildman–Crippen LogP) is 4.76. The molecule has 0 atom stereocenters. The number of halogens is 4. The smallest absolute Gasteiger partial charge is 0.164 e.